The molecule has 1 fully saturated rings. The normalized spacial score (nSPS) is 30.7. The number of aryl methyl sites for hydroxylation is 1. The highest BCUT2D eigenvalue weighted by atomic mass is 16.6. The average Bonchev–Trinajstić information content (AvgIpc) is 2.60. The van der Waals surface area contributed by atoms with Crippen molar-refractivity contribution >= 4 is 5.97 Å². The molecule has 0 bridgehead atoms. The molecule has 17 heavy (non-hydrogen) atoms. The Morgan fingerprint density at radius 2 is 2.18 bits per heavy atom. The summed E-state index contributed by atoms with van der Waals surface area (Å²) in [7, 11) is 0. The van der Waals surface area contributed by atoms with E-state index < -0.39 is 0 Å². The van der Waals surface area contributed by atoms with Crippen molar-refractivity contribution in [3.63, 3.8) is 0 Å². The molecule has 0 aromatic heterocycles. The van der Waals surface area contributed by atoms with Gasteiger partial charge in [-0.2, -0.15) is 0 Å². The number of rotatable bonds is 0. The summed E-state index contributed by atoms with van der Waals surface area (Å²) in [6.45, 7) is 3.84. The van der Waals surface area contributed by atoms with Crippen LogP contribution >= 0.6 is 0 Å². The zero-order chi connectivity index (χ0) is 12.2. The van der Waals surface area contributed by atoms with Crippen molar-refractivity contribution in [3.05, 3.63) is 28.8 Å². The number of ether oxygens (including phenoxy) is 1. The number of phenolic OH excluding ortho intramolecular Hbond substituents is 1. The molecule has 1 N–H and O–H groups in total. The van der Waals surface area contributed by atoms with E-state index in [0.717, 1.165) is 24.0 Å². The molecule has 0 amide bonds. The Hall–Kier alpha value is -1.51. The second kappa shape index (κ2) is 3.49. The van der Waals surface area contributed by atoms with E-state index in [-0.39, 0.29) is 23.9 Å². The lowest BCUT2D eigenvalue weighted by molar-refractivity contribution is -0.144. The largest absolute Gasteiger partial charge is 0.508 e. The Balaban J connectivity index is 2.13. The number of carbonyl (C=O) groups excluding carboxylic acids is 1. The first-order valence-corrected chi connectivity index (χ1v) is 6.11. The van der Waals surface area contributed by atoms with Crippen molar-refractivity contribution in [2.24, 2.45) is 11.8 Å². The molecule has 1 aromatic rings. The summed E-state index contributed by atoms with van der Waals surface area (Å²) in [5.41, 5.74) is 3.11. The van der Waals surface area contributed by atoms with Crippen molar-refractivity contribution in [2.45, 2.75) is 32.8 Å². The number of fused-ring (bicyclic) bond motifs is 3. The molecule has 0 spiro atoms. The first-order chi connectivity index (χ1) is 8.09. The van der Waals surface area contributed by atoms with Gasteiger partial charge in [0.05, 0.1) is 5.92 Å². The van der Waals surface area contributed by atoms with E-state index in [4.69, 9.17) is 4.74 Å². The van der Waals surface area contributed by atoms with Crippen molar-refractivity contribution in [3.8, 4) is 5.75 Å². The average molecular weight is 232 g/mol. The molecule has 1 aliphatic heterocycles. The summed E-state index contributed by atoms with van der Waals surface area (Å²) in [5.74, 6) is 0.445. The molecule has 3 rings (SSSR count). The van der Waals surface area contributed by atoms with Gasteiger partial charge in [-0.1, -0.05) is 13.0 Å². The van der Waals surface area contributed by atoms with E-state index in [1.807, 2.05) is 19.9 Å². The van der Waals surface area contributed by atoms with Crippen molar-refractivity contribution < 1.29 is 14.6 Å². The number of phenols is 1. The molecule has 0 unspecified atom stereocenters. The van der Waals surface area contributed by atoms with E-state index in [2.05, 4.69) is 0 Å². The van der Waals surface area contributed by atoms with Crippen LogP contribution in [0, 0.1) is 18.8 Å². The van der Waals surface area contributed by atoms with E-state index in [0.29, 0.717) is 5.75 Å². The van der Waals surface area contributed by atoms with E-state index in [1.165, 1.54) is 5.56 Å². The summed E-state index contributed by atoms with van der Waals surface area (Å²) in [5, 5.41) is 9.79. The predicted molar refractivity (Wildman–Crippen MR) is 62.7 cm³/mol. The molecule has 3 atom stereocenters. The van der Waals surface area contributed by atoms with E-state index in [9.17, 15) is 9.90 Å². The van der Waals surface area contributed by atoms with Crippen LogP contribution < -0.4 is 0 Å². The van der Waals surface area contributed by atoms with Gasteiger partial charge in [-0.3, -0.25) is 4.79 Å². The first-order valence-electron chi connectivity index (χ1n) is 6.11. The maximum absolute atomic E-state index is 11.7. The van der Waals surface area contributed by atoms with Crippen LogP contribution in [0.4, 0.5) is 0 Å². The lowest BCUT2D eigenvalue weighted by atomic mass is 9.76. The summed E-state index contributed by atoms with van der Waals surface area (Å²) in [6, 6.07) is 3.68. The van der Waals surface area contributed by atoms with Crippen LogP contribution in [0.3, 0.4) is 0 Å². The lowest BCUT2D eigenvalue weighted by Crippen LogP contribution is -2.21. The minimum absolute atomic E-state index is 0.0186. The number of esters is 1. The standard InChI is InChI=1S/C14H16O3/c1-7-10-5-3-9-4-6-11(15)8(2)12(9)13(10)17-14(7)16/h4,6-7,10,13,15H,3,5H2,1-2H3/t7-,10-,13-/m0/s1. The summed E-state index contributed by atoms with van der Waals surface area (Å²) in [4.78, 5) is 11.7. The molecule has 0 radical (unpaired) electrons. The number of carbonyl (C=O) groups is 1. The van der Waals surface area contributed by atoms with Crippen LogP contribution in [-0.4, -0.2) is 11.1 Å². The fourth-order valence-corrected chi connectivity index (χ4v) is 3.14. The topological polar surface area (TPSA) is 46.5 Å². The molecule has 3 nitrogen and oxygen atoms in total. The van der Waals surface area contributed by atoms with Crippen LogP contribution in [0.1, 0.15) is 36.1 Å². The minimum atomic E-state index is -0.145. The SMILES string of the molecule is Cc1c(O)ccc2c1[C@H]1OC(=O)[C@@H](C)[C@@H]1CC2. The summed E-state index contributed by atoms with van der Waals surface area (Å²) in [6.07, 6.45) is 1.82. The molecular formula is C14H16O3. The quantitative estimate of drug-likeness (QED) is 0.699. The highest BCUT2D eigenvalue weighted by Crippen LogP contribution is 2.48. The fourth-order valence-electron chi connectivity index (χ4n) is 3.14. The third-order valence-corrected chi connectivity index (χ3v) is 4.25. The van der Waals surface area contributed by atoms with Gasteiger partial charge in [0.15, 0.2) is 0 Å². The number of benzene rings is 1. The third-order valence-electron chi connectivity index (χ3n) is 4.25. The van der Waals surface area contributed by atoms with Gasteiger partial charge in [0.1, 0.15) is 11.9 Å². The molecule has 1 aromatic carbocycles. The summed E-state index contributed by atoms with van der Waals surface area (Å²) >= 11 is 0. The van der Waals surface area contributed by atoms with Gasteiger partial charge < -0.3 is 9.84 Å². The smallest absolute Gasteiger partial charge is 0.309 e. The highest BCUT2D eigenvalue weighted by molar-refractivity contribution is 5.75. The molecule has 2 aliphatic rings. The van der Waals surface area contributed by atoms with E-state index >= 15 is 0 Å². The van der Waals surface area contributed by atoms with Crippen molar-refractivity contribution in [1.82, 2.24) is 0 Å². The van der Waals surface area contributed by atoms with E-state index in [1.54, 1.807) is 6.07 Å². The maximum Gasteiger partial charge on any atom is 0.309 e. The third kappa shape index (κ3) is 1.38. The summed E-state index contributed by atoms with van der Waals surface area (Å²) < 4.78 is 5.49. The minimum Gasteiger partial charge on any atom is -0.508 e. The molecule has 3 heteroatoms. The molecule has 90 valence electrons. The van der Waals surface area contributed by atoms with Gasteiger partial charge in [0.2, 0.25) is 0 Å². The molecule has 1 saturated heterocycles. The lowest BCUT2D eigenvalue weighted by Gasteiger charge is -2.29. The van der Waals surface area contributed by atoms with Gasteiger partial charge in [-0.05, 0) is 37.0 Å². The van der Waals surface area contributed by atoms with Crippen LogP contribution in [0.15, 0.2) is 12.1 Å². The molecule has 1 heterocycles. The van der Waals surface area contributed by atoms with Crippen LogP contribution in [0.5, 0.6) is 5.75 Å². The Kier molecular flexibility index (Phi) is 2.18. The monoisotopic (exact) mass is 232 g/mol. The van der Waals surface area contributed by atoms with Crippen LogP contribution in [-0.2, 0) is 16.0 Å². The second-order valence-corrected chi connectivity index (χ2v) is 5.13. The Morgan fingerprint density at radius 1 is 1.41 bits per heavy atom. The number of aromatic hydroxyl groups is 1. The van der Waals surface area contributed by atoms with Gasteiger partial charge in [0.25, 0.3) is 0 Å². The first kappa shape index (κ1) is 10.6. The van der Waals surface area contributed by atoms with Gasteiger partial charge in [-0.25, -0.2) is 0 Å². The van der Waals surface area contributed by atoms with Gasteiger partial charge in [0, 0.05) is 11.5 Å². The second-order valence-electron chi connectivity index (χ2n) is 5.13. The number of hydrogen-bond acceptors (Lipinski definition) is 3. The van der Waals surface area contributed by atoms with Crippen LogP contribution in [0.2, 0.25) is 0 Å². The highest BCUT2D eigenvalue weighted by Gasteiger charge is 2.45. The predicted octanol–water partition coefficient (Wildman–Crippen LogP) is 2.50. The molecule has 0 saturated carbocycles. The van der Waals surface area contributed by atoms with Crippen molar-refractivity contribution in [2.75, 3.05) is 0 Å². The molecule has 1 aliphatic carbocycles. The Labute approximate surface area is 100 Å². The fraction of sp³-hybridized carbons (Fsp3) is 0.500. The Morgan fingerprint density at radius 3 is 2.94 bits per heavy atom. The Bertz CT molecular complexity index is 492. The van der Waals surface area contributed by atoms with Gasteiger partial charge >= 0.3 is 5.97 Å². The van der Waals surface area contributed by atoms with Crippen molar-refractivity contribution in [1.29, 1.82) is 0 Å². The maximum atomic E-state index is 11.7. The van der Waals surface area contributed by atoms with Crippen LogP contribution in [0.25, 0.3) is 0 Å². The zero-order valence-corrected chi connectivity index (χ0v) is 10.1. The molecular weight excluding hydrogens is 216 g/mol. The van der Waals surface area contributed by atoms with Gasteiger partial charge in [-0.15, -0.1) is 0 Å². The zero-order valence-electron chi connectivity index (χ0n) is 10.1. The number of hydrogen-bond donors (Lipinski definition) is 1.